The van der Waals surface area contributed by atoms with Crippen LogP contribution in [0.5, 0.6) is 0 Å². The highest BCUT2D eigenvalue weighted by Crippen LogP contribution is 2.12. The summed E-state index contributed by atoms with van der Waals surface area (Å²) in [6.07, 6.45) is 31.1. The van der Waals surface area contributed by atoms with Crippen molar-refractivity contribution in [2.75, 3.05) is 67.5 Å². The van der Waals surface area contributed by atoms with Crippen molar-refractivity contribution in [3.8, 4) is 0 Å². The average molecular weight is 785 g/mol. The Kier molecular flexibility index (Phi) is 37.8. The van der Waals surface area contributed by atoms with Gasteiger partial charge in [-0.25, -0.2) is 0 Å². The first-order valence-corrected chi connectivity index (χ1v) is 19.3. The van der Waals surface area contributed by atoms with Crippen molar-refractivity contribution in [3.63, 3.8) is 0 Å². The summed E-state index contributed by atoms with van der Waals surface area (Å²) in [5.41, 5.74) is 0. The molecular formula is C38H80Br2N4O2. The van der Waals surface area contributed by atoms with Crippen molar-refractivity contribution in [2.24, 2.45) is 0 Å². The van der Waals surface area contributed by atoms with Crippen LogP contribution < -0.4 is 44.6 Å². The number of carbonyl (C=O) groups excluding carboxylic acids is 2. The Labute approximate surface area is 309 Å². The number of quaternary nitrogens is 2. The fourth-order valence-corrected chi connectivity index (χ4v) is 6.16. The van der Waals surface area contributed by atoms with Gasteiger partial charge in [-0.3, -0.25) is 9.59 Å². The highest BCUT2D eigenvalue weighted by atomic mass is 79.9. The number of nitrogens with one attached hydrogen (secondary N) is 2. The number of likely N-dealkylation sites (N-methyl/N-ethyl adjacent to an activating group) is 2. The molecule has 2 amide bonds. The fraction of sp³-hybridized carbons (Fsp3) is 0.947. The van der Waals surface area contributed by atoms with Crippen LogP contribution in [0, 0.1) is 0 Å². The molecule has 0 aromatic rings. The zero-order valence-electron chi connectivity index (χ0n) is 31.7. The second kappa shape index (κ2) is 34.7. The molecule has 0 radical (unpaired) electrons. The summed E-state index contributed by atoms with van der Waals surface area (Å²) >= 11 is 0. The zero-order chi connectivity index (χ0) is 32.8. The molecule has 0 rings (SSSR count). The number of nitrogens with zero attached hydrogens (tertiary/aromatic N) is 2. The van der Waals surface area contributed by atoms with Crippen LogP contribution >= 0.6 is 0 Å². The molecule has 0 aliphatic heterocycles. The lowest BCUT2D eigenvalue weighted by Gasteiger charge is -2.30. The Hall–Kier alpha value is -0.180. The number of halogens is 2. The molecule has 0 aliphatic rings. The van der Waals surface area contributed by atoms with E-state index in [1.54, 1.807) is 0 Å². The van der Waals surface area contributed by atoms with E-state index in [-0.39, 0.29) is 45.8 Å². The topological polar surface area (TPSA) is 58.2 Å². The number of hydrogen-bond donors (Lipinski definition) is 2. The molecule has 0 bridgehead atoms. The third kappa shape index (κ3) is 36.7. The van der Waals surface area contributed by atoms with Crippen molar-refractivity contribution >= 4 is 11.8 Å². The van der Waals surface area contributed by atoms with Crippen molar-refractivity contribution in [2.45, 2.75) is 168 Å². The van der Waals surface area contributed by atoms with Crippen LogP contribution in [0.15, 0.2) is 0 Å². The molecule has 278 valence electrons. The molecule has 0 aromatic carbocycles. The normalized spacial score (nSPS) is 11.5. The largest absolute Gasteiger partial charge is 1.00 e. The molecule has 0 atom stereocenters. The maximum Gasteiger partial charge on any atom is 0.275 e. The Bertz CT molecular complexity index is 621. The Balaban J connectivity index is -0.00000924. The van der Waals surface area contributed by atoms with Crippen LogP contribution in [0.1, 0.15) is 168 Å². The molecule has 8 heteroatoms. The Morgan fingerprint density at radius 2 is 0.630 bits per heavy atom. The van der Waals surface area contributed by atoms with E-state index >= 15 is 0 Å². The second-order valence-electron chi connectivity index (χ2n) is 15.1. The van der Waals surface area contributed by atoms with E-state index in [0.29, 0.717) is 13.1 Å². The highest BCUT2D eigenvalue weighted by Gasteiger charge is 2.21. The number of hydrogen-bond acceptors (Lipinski definition) is 2. The van der Waals surface area contributed by atoms with Gasteiger partial charge in [-0.15, -0.1) is 0 Å². The van der Waals surface area contributed by atoms with Crippen molar-refractivity contribution in [3.05, 3.63) is 0 Å². The predicted molar refractivity (Wildman–Crippen MR) is 192 cm³/mol. The van der Waals surface area contributed by atoms with Gasteiger partial charge in [-0.2, -0.15) is 0 Å². The van der Waals surface area contributed by atoms with E-state index in [4.69, 9.17) is 0 Å². The van der Waals surface area contributed by atoms with E-state index in [0.717, 1.165) is 60.8 Å². The molecule has 0 saturated heterocycles. The van der Waals surface area contributed by atoms with E-state index in [9.17, 15) is 9.59 Å². The first kappa shape index (κ1) is 50.2. The van der Waals surface area contributed by atoms with Crippen LogP contribution in [0.2, 0.25) is 0 Å². The fourth-order valence-electron chi connectivity index (χ4n) is 6.16. The predicted octanol–water partition coefficient (Wildman–Crippen LogP) is 2.78. The van der Waals surface area contributed by atoms with Gasteiger partial charge in [0, 0.05) is 13.1 Å². The summed E-state index contributed by atoms with van der Waals surface area (Å²) in [5, 5.41) is 6.30. The van der Waals surface area contributed by atoms with Gasteiger partial charge in [0.1, 0.15) is 0 Å². The van der Waals surface area contributed by atoms with Crippen molar-refractivity contribution in [1.82, 2.24) is 10.6 Å². The lowest BCUT2D eigenvalue weighted by atomic mass is 10.1. The van der Waals surface area contributed by atoms with Crippen LogP contribution in [-0.4, -0.2) is 88.2 Å². The minimum absolute atomic E-state index is 0. The summed E-state index contributed by atoms with van der Waals surface area (Å²) in [6, 6.07) is 0. The quantitative estimate of drug-likeness (QED) is 0.0796. The molecule has 6 nitrogen and oxygen atoms in total. The lowest BCUT2D eigenvalue weighted by molar-refractivity contribution is -0.883. The summed E-state index contributed by atoms with van der Waals surface area (Å²) in [7, 11) is 8.70. The monoisotopic (exact) mass is 782 g/mol. The van der Waals surface area contributed by atoms with E-state index in [1.165, 1.54) is 128 Å². The Morgan fingerprint density at radius 3 is 0.913 bits per heavy atom. The van der Waals surface area contributed by atoms with Crippen molar-refractivity contribution < 1.29 is 52.5 Å². The summed E-state index contributed by atoms with van der Waals surface area (Å²) in [5.74, 6) is 0.382. The van der Waals surface area contributed by atoms with Crippen LogP contribution in [0.3, 0.4) is 0 Å². The van der Waals surface area contributed by atoms with Gasteiger partial charge in [0.15, 0.2) is 13.1 Å². The van der Waals surface area contributed by atoms with Gasteiger partial charge >= 0.3 is 0 Å². The van der Waals surface area contributed by atoms with E-state index in [1.807, 2.05) is 0 Å². The molecule has 0 heterocycles. The van der Waals surface area contributed by atoms with Crippen LogP contribution in [0.4, 0.5) is 0 Å². The molecule has 2 N–H and O–H groups in total. The second-order valence-corrected chi connectivity index (χ2v) is 15.1. The maximum absolute atomic E-state index is 12.5. The summed E-state index contributed by atoms with van der Waals surface area (Å²) in [4.78, 5) is 24.9. The van der Waals surface area contributed by atoms with Crippen LogP contribution in [0.25, 0.3) is 0 Å². The zero-order valence-corrected chi connectivity index (χ0v) is 34.9. The minimum Gasteiger partial charge on any atom is -1.00 e. The van der Waals surface area contributed by atoms with Crippen molar-refractivity contribution in [1.29, 1.82) is 0 Å². The van der Waals surface area contributed by atoms with Crippen LogP contribution in [-0.2, 0) is 9.59 Å². The first-order chi connectivity index (χ1) is 21.1. The Morgan fingerprint density at radius 1 is 0.391 bits per heavy atom. The third-order valence-electron chi connectivity index (χ3n) is 9.13. The molecule has 0 unspecified atom stereocenters. The smallest absolute Gasteiger partial charge is 0.275 e. The molecule has 0 fully saturated rings. The van der Waals surface area contributed by atoms with E-state index < -0.39 is 0 Å². The summed E-state index contributed by atoms with van der Waals surface area (Å²) in [6.45, 7) is 9.38. The van der Waals surface area contributed by atoms with Gasteiger partial charge in [-0.05, 0) is 38.5 Å². The van der Waals surface area contributed by atoms with Gasteiger partial charge < -0.3 is 53.6 Å². The number of carbonyl (C=O) groups is 2. The number of unbranched alkanes of at least 4 members (excludes halogenated alkanes) is 21. The molecule has 46 heavy (non-hydrogen) atoms. The van der Waals surface area contributed by atoms with Gasteiger partial charge in [0.25, 0.3) is 11.8 Å². The maximum atomic E-state index is 12.5. The third-order valence-corrected chi connectivity index (χ3v) is 9.13. The highest BCUT2D eigenvalue weighted by molar-refractivity contribution is 5.77. The summed E-state index contributed by atoms with van der Waals surface area (Å²) < 4.78 is 1.51. The number of rotatable bonds is 33. The lowest BCUT2D eigenvalue weighted by Crippen LogP contribution is -3.00. The first-order valence-electron chi connectivity index (χ1n) is 19.3. The average Bonchev–Trinajstić information content (AvgIpc) is 2.96. The van der Waals surface area contributed by atoms with Gasteiger partial charge in [-0.1, -0.05) is 129 Å². The van der Waals surface area contributed by atoms with Gasteiger partial charge in [0.2, 0.25) is 0 Å². The molecule has 0 spiro atoms. The van der Waals surface area contributed by atoms with E-state index in [2.05, 4.69) is 52.7 Å². The molecular weight excluding hydrogens is 704 g/mol. The SMILES string of the molecule is CCCCCCCCCCCCNC(=O)C[N+](C)(C)CCCCCC[N+](C)(C)CC(=O)NCCCCCCCCCCCC.[Br-].[Br-]. The molecule has 0 saturated carbocycles. The number of amides is 2. The van der Waals surface area contributed by atoms with Gasteiger partial charge in [0.05, 0.1) is 41.3 Å². The molecule has 0 aliphatic carbocycles. The standard InChI is InChI=1S/C38H78N4O2.2BrH/c1-7-9-11-13-15-17-19-21-23-27-31-39-37(43)35-41(3,4)33-29-25-26-30-34-42(5,6)36-38(44)40-32-28-24-22-20-18-16-14-12-10-8-2;;/h7-36H2,1-6H3;2*1H. The minimum atomic E-state index is 0. The molecule has 0 aromatic heterocycles.